The lowest BCUT2D eigenvalue weighted by atomic mass is 9.95. The van der Waals surface area contributed by atoms with E-state index in [2.05, 4.69) is 10.2 Å². The molecule has 8 heteroatoms. The summed E-state index contributed by atoms with van der Waals surface area (Å²) >= 11 is 12.1. The van der Waals surface area contributed by atoms with Crippen LogP contribution < -0.4 is 5.32 Å². The molecule has 1 N–H and O–H groups in total. The molecular formula is C20H19Cl2F3N2O. The summed E-state index contributed by atoms with van der Waals surface area (Å²) in [5.41, 5.74) is 0.617. The maximum absolute atomic E-state index is 12.6. The van der Waals surface area contributed by atoms with E-state index in [9.17, 15) is 18.0 Å². The fraction of sp³-hybridized carbons (Fsp3) is 0.350. The van der Waals surface area contributed by atoms with Crippen molar-refractivity contribution in [3.8, 4) is 0 Å². The third kappa shape index (κ3) is 5.40. The Morgan fingerprint density at radius 1 is 1.07 bits per heavy atom. The van der Waals surface area contributed by atoms with Crippen LogP contribution in [0.25, 0.3) is 0 Å². The zero-order valence-corrected chi connectivity index (χ0v) is 16.4. The van der Waals surface area contributed by atoms with Crippen molar-refractivity contribution in [1.29, 1.82) is 0 Å². The molecule has 0 atom stereocenters. The number of hydrogen-bond donors (Lipinski definition) is 1. The molecule has 1 aliphatic rings. The highest BCUT2D eigenvalue weighted by Crippen LogP contribution is 2.30. The molecule has 2 aromatic carbocycles. The molecule has 3 nitrogen and oxygen atoms in total. The van der Waals surface area contributed by atoms with Gasteiger partial charge in [0.05, 0.1) is 5.56 Å². The summed E-state index contributed by atoms with van der Waals surface area (Å²) in [6.45, 7) is 2.16. The molecule has 1 amide bonds. The molecule has 0 aromatic heterocycles. The van der Waals surface area contributed by atoms with E-state index in [1.807, 2.05) is 6.07 Å². The van der Waals surface area contributed by atoms with E-state index in [1.165, 1.54) is 12.1 Å². The summed E-state index contributed by atoms with van der Waals surface area (Å²) in [6.07, 6.45) is -3.03. The van der Waals surface area contributed by atoms with Gasteiger partial charge < -0.3 is 5.32 Å². The monoisotopic (exact) mass is 430 g/mol. The zero-order valence-electron chi connectivity index (χ0n) is 14.9. The maximum atomic E-state index is 12.6. The lowest BCUT2D eigenvalue weighted by molar-refractivity contribution is -0.137. The molecule has 150 valence electrons. The Kier molecular flexibility index (Phi) is 6.53. The highest BCUT2D eigenvalue weighted by atomic mass is 35.5. The van der Waals surface area contributed by atoms with Crippen LogP contribution in [0.2, 0.25) is 10.0 Å². The van der Waals surface area contributed by atoms with Gasteiger partial charge in [0, 0.05) is 28.2 Å². The van der Waals surface area contributed by atoms with Gasteiger partial charge in [-0.25, -0.2) is 0 Å². The topological polar surface area (TPSA) is 32.3 Å². The summed E-state index contributed by atoms with van der Waals surface area (Å²) in [4.78, 5) is 14.6. The molecule has 0 aliphatic carbocycles. The van der Waals surface area contributed by atoms with Crippen LogP contribution in [0.1, 0.15) is 24.0 Å². The van der Waals surface area contributed by atoms with Gasteiger partial charge in [-0.1, -0.05) is 29.3 Å². The van der Waals surface area contributed by atoms with Crippen LogP contribution in [0.5, 0.6) is 0 Å². The van der Waals surface area contributed by atoms with Gasteiger partial charge in [0.25, 0.3) is 0 Å². The van der Waals surface area contributed by atoms with Crippen LogP contribution in [-0.2, 0) is 17.5 Å². The standard InChI is InChI=1S/C20H19Cl2F3N2O/c21-16-4-1-14(18(22)11-16)12-27-9-7-13(8-10-27)19(28)26-17-5-2-15(3-6-17)20(23,24)25/h1-6,11,13H,7-10,12H2,(H,26,28). The molecule has 1 saturated heterocycles. The number of piperidine rings is 1. The van der Waals surface area contributed by atoms with Crippen molar-refractivity contribution in [2.45, 2.75) is 25.6 Å². The molecule has 0 radical (unpaired) electrons. The maximum Gasteiger partial charge on any atom is 0.416 e. The number of anilines is 1. The molecule has 0 bridgehead atoms. The van der Waals surface area contributed by atoms with Crippen molar-refractivity contribution < 1.29 is 18.0 Å². The second-order valence-electron chi connectivity index (χ2n) is 6.85. The van der Waals surface area contributed by atoms with E-state index in [0.29, 0.717) is 35.1 Å². The van der Waals surface area contributed by atoms with Crippen molar-refractivity contribution in [1.82, 2.24) is 4.90 Å². The van der Waals surface area contributed by atoms with Crippen LogP contribution in [-0.4, -0.2) is 23.9 Å². The first-order valence-corrected chi connectivity index (χ1v) is 9.62. The second kappa shape index (κ2) is 8.72. The number of nitrogens with zero attached hydrogens (tertiary/aromatic N) is 1. The van der Waals surface area contributed by atoms with Gasteiger partial charge >= 0.3 is 6.18 Å². The molecule has 1 aliphatic heterocycles. The van der Waals surface area contributed by atoms with Crippen LogP contribution in [0.3, 0.4) is 0 Å². The average molecular weight is 431 g/mol. The normalized spacial score (nSPS) is 16.2. The number of carbonyl (C=O) groups is 1. The number of amides is 1. The highest BCUT2D eigenvalue weighted by molar-refractivity contribution is 6.35. The molecule has 1 heterocycles. The summed E-state index contributed by atoms with van der Waals surface area (Å²) in [7, 11) is 0. The lowest BCUT2D eigenvalue weighted by Crippen LogP contribution is -2.37. The number of rotatable bonds is 4. The molecule has 1 fully saturated rings. The van der Waals surface area contributed by atoms with Crippen LogP contribution in [0.15, 0.2) is 42.5 Å². The number of likely N-dealkylation sites (tertiary alicyclic amines) is 1. The van der Waals surface area contributed by atoms with E-state index in [0.717, 1.165) is 30.8 Å². The van der Waals surface area contributed by atoms with Gasteiger partial charge in [-0.3, -0.25) is 9.69 Å². The number of carbonyl (C=O) groups excluding carboxylic acids is 1. The minimum absolute atomic E-state index is 0.163. The quantitative estimate of drug-likeness (QED) is 0.658. The van der Waals surface area contributed by atoms with Gasteiger partial charge in [0.1, 0.15) is 0 Å². The zero-order chi connectivity index (χ0) is 20.3. The molecule has 28 heavy (non-hydrogen) atoms. The minimum atomic E-state index is -4.39. The summed E-state index contributed by atoms with van der Waals surface area (Å²) in [6, 6.07) is 9.89. The molecular weight excluding hydrogens is 412 g/mol. The Hall–Kier alpha value is -1.76. The number of halogens is 5. The van der Waals surface area contributed by atoms with Gasteiger partial charge in [-0.2, -0.15) is 13.2 Å². The van der Waals surface area contributed by atoms with E-state index in [1.54, 1.807) is 12.1 Å². The fourth-order valence-corrected chi connectivity index (χ4v) is 3.70. The van der Waals surface area contributed by atoms with E-state index < -0.39 is 11.7 Å². The van der Waals surface area contributed by atoms with Crippen LogP contribution in [0, 0.1) is 5.92 Å². The van der Waals surface area contributed by atoms with Crippen molar-refractivity contribution in [2.75, 3.05) is 18.4 Å². The fourth-order valence-electron chi connectivity index (χ4n) is 3.23. The molecule has 2 aromatic rings. The van der Waals surface area contributed by atoms with E-state index >= 15 is 0 Å². The highest BCUT2D eigenvalue weighted by Gasteiger charge is 2.30. The largest absolute Gasteiger partial charge is 0.416 e. The van der Waals surface area contributed by atoms with Crippen molar-refractivity contribution >= 4 is 34.8 Å². The first-order valence-electron chi connectivity index (χ1n) is 8.87. The Bertz CT molecular complexity index is 832. The van der Waals surface area contributed by atoms with Crippen molar-refractivity contribution in [3.63, 3.8) is 0 Å². The number of benzene rings is 2. The van der Waals surface area contributed by atoms with Crippen molar-refractivity contribution in [2.24, 2.45) is 5.92 Å². The number of hydrogen-bond acceptors (Lipinski definition) is 2. The Morgan fingerprint density at radius 3 is 2.29 bits per heavy atom. The minimum Gasteiger partial charge on any atom is -0.326 e. The van der Waals surface area contributed by atoms with Gasteiger partial charge in [0.2, 0.25) is 5.91 Å². The van der Waals surface area contributed by atoms with Gasteiger partial charge in [0.15, 0.2) is 0 Å². The summed E-state index contributed by atoms with van der Waals surface area (Å²) in [5, 5.41) is 3.92. The van der Waals surface area contributed by atoms with Crippen LogP contribution in [0.4, 0.5) is 18.9 Å². The van der Waals surface area contributed by atoms with Gasteiger partial charge in [-0.15, -0.1) is 0 Å². The molecule has 0 saturated carbocycles. The van der Waals surface area contributed by atoms with Gasteiger partial charge in [-0.05, 0) is 67.9 Å². The Balaban J connectivity index is 1.51. The average Bonchev–Trinajstić information content (AvgIpc) is 2.64. The Labute approximate surface area is 171 Å². The van der Waals surface area contributed by atoms with E-state index in [-0.39, 0.29) is 11.8 Å². The predicted octanol–water partition coefficient (Wildman–Crippen LogP) is 5.86. The first-order chi connectivity index (χ1) is 13.2. The second-order valence-corrected chi connectivity index (χ2v) is 7.69. The summed E-state index contributed by atoms with van der Waals surface area (Å²) < 4.78 is 37.8. The molecule has 0 unspecified atom stereocenters. The van der Waals surface area contributed by atoms with Crippen molar-refractivity contribution in [3.05, 3.63) is 63.6 Å². The predicted molar refractivity (Wildman–Crippen MR) is 105 cm³/mol. The third-order valence-electron chi connectivity index (χ3n) is 4.85. The third-order valence-corrected chi connectivity index (χ3v) is 5.43. The summed E-state index contributed by atoms with van der Waals surface area (Å²) in [5.74, 6) is -0.330. The molecule has 0 spiro atoms. The Morgan fingerprint density at radius 2 is 1.71 bits per heavy atom. The SMILES string of the molecule is O=C(Nc1ccc(C(F)(F)F)cc1)C1CCN(Cc2ccc(Cl)cc2Cl)CC1. The molecule has 3 rings (SSSR count). The van der Waals surface area contributed by atoms with E-state index in [4.69, 9.17) is 23.2 Å². The lowest BCUT2D eigenvalue weighted by Gasteiger charge is -2.31. The number of alkyl halides is 3. The smallest absolute Gasteiger partial charge is 0.326 e. The first kappa shape index (κ1) is 21.0. The van der Waals surface area contributed by atoms with Crippen LogP contribution >= 0.6 is 23.2 Å². The number of nitrogens with one attached hydrogen (secondary N) is 1.